The molecule has 0 radical (unpaired) electrons. The van der Waals surface area contributed by atoms with E-state index >= 15 is 0 Å². The van der Waals surface area contributed by atoms with Crippen LogP contribution in [0.2, 0.25) is 0 Å². The predicted octanol–water partition coefficient (Wildman–Crippen LogP) is 1.92. The molecule has 4 nitrogen and oxygen atoms in total. The van der Waals surface area contributed by atoms with E-state index in [9.17, 15) is 50.9 Å². The minimum Gasteiger partial charge on any atom is -0.188 e. The Morgan fingerprint density at radius 1 is 0.722 bits per heavy atom. The van der Waals surface area contributed by atoms with Crippen LogP contribution in [0.15, 0.2) is 11.7 Å². The number of rotatable bonds is 4. The molecule has 108 valence electrons. The van der Waals surface area contributed by atoms with Crippen molar-refractivity contribution in [2.75, 3.05) is 0 Å². The standard InChI is InChI=1S/C4F8O4S2/c5-2(6)1(3(7,8)17(11,13)14)4(9,10)18(12,15)16. The van der Waals surface area contributed by atoms with Gasteiger partial charge >= 0.3 is 31.0 Å². The number of hydrogen-bond donors (Lipinski definition) is 0. The Balaban J connectivity index is 6.42. The molecular weight excluding hydrogens is 328 g/mol. The van der Waals surface area contributed by atoms with Gasteiger partial charge in [0.2, 0.25) is 0 Å². The second kappa shape index (κ2) is 4.32. The fourth-order valence-electron chi connectivity index (χ4n) is 0.633. The van der Waals surface area contributed by atoms with Crippen LogP contribution in [0.5, 0.6) is 0 Å². The molecule has 0 aromatic carbocycles. The van der Waals surface area contributed by atoms with Crippen molar-refractivity contribution in [2.24, 2.45) is 0 Å². The maximum absolute atomic E-state index is 12.5. The summed E-state index contributed by atoms with van der Waals surface area (Å²) in [6.07, 6.45) is -4.26. The maximum Gasteiger partial charge on any atom is 0.407 e. The van der Waals surface area contributed by atoms with Crippen LogP contribution in [0, 0.1) is 0 Å². The van der Waals surface area contributed by atoms with Crippen LogP contribution in [0.4, 0.5) is 34.1 Å². The van der Waals surface area contributed by atoms with Crippen LogP contribution in [0.1, 0.15) is 0 Å². The molecule has 0 unspecified atom stereocenters. The van der Waals surface area contributed by atoms with Crippen molar-refractivity contribution < 1.29 is 50.9 Å². The van der Waals surface area contributed by atoms with Crippen molar-refractivity contribution in [3.8, 4) is 0 Å². The molecule has 0 heterocycles. The van der Waals surface area contributed by atoms with Crippen molar-refractivity contribution in [1.82, 2.24) is 0 Å². The molecule has 0 aromatic rings. The third-order valence-electron chi connectivity index (χ3n) is 1.38. The molecule has 0 N–H and O–H groups in total. The van der Waals surface area contributed by atoms with E-state index in [2.05, 4.69) is 0 Å². The summed E-state index contributed by atoms with van der Waals surface area (Å²) in [4.78, 5) is 0. The summed E-state index contributed by atoms with van der Waals surface area (Å²) in [5.41, 5.74) is -4.31. The number of hydrogen-bond acceptors (Lipinski definition) is 4. The second-order valence-corrected chi connectivity index (χ2v) is 5.32. The first-order valence-corrected chi connectivity index (χ1v) is 6.03. The summed E-state index contributed by atoms with van der Waals surface area (Å²) in [7, 11) is -14.7. The SMILES string of the molecule is O=S(=O)(F)C(F)(F)C(=C(F)F)C(F)(F)S(=O)(=O)F. The van der Waals surface area contributed by atoms with E-state index in [-0.39, 0.29) is 0 Å². The molecule has 0 amide bonds. The molecular formula is C4F8O4S2. The molecule has 18 heavy (non-hydrogen) atoms. The summed E-state index contributed by atoms with van der Waals surface area (Å²) in [5, 5.41) is -13.2. The van der Waals surface area contributed by atoms with Crippen molar-refractivity contribution in [1.29, 1.82) is 0 Å². The van der Waals surface area contributed by atoms with E-state index in [1.54, 1.807) is 0 Å². The Morgan fingerprint density at radius 3 is 1.06 bits per heavy atom. The summed E-state index contributed by atoms with van der Waals surface area (Å²) in [6.45, 7) is 0. The highest BCUT2D eigenvalue weighted by molar-refractivity contribution is 7.88. The lowest BCUT2D eigenvalue weighted by molar-refractivity contribution is 0.0373. The molecule has 0 aliphatic heterocycles. The van der Waals surface area contributed by atoms with Gasteiger partial charge in [0.05, 0.1) is 0 Å². The second-order valence-electron chi connectivity index (χ2n) is 2.54. The molecule has 0 aliphatic rings. The van der Waals surface area contributed by atoms with Crippen LogP contribution in [0.3, 0.4) is 0 Å². The van der Waals surface area contributed by atoms with Gasteiger partial charge in [-0.1, -0.05) is 7.77 Å². The van der Waals surface area contributed by atoms with E-state index in [0.717, 1.165) is 0 Å². The maximum atomic E-state index is 12.5. The van der Waals surface area contributed by atoms with Crippen molar-refractivity contribution >= 4 is 20.4 Å². The first-order chi connectivity index (χ1) is 7.57. The third kappa shape index (κ3) is 2.73. The van der Waals surface area contributed by atoms with Crippen molar-refractivity contribution in [3.63, 3.8) is 0 Å². The van der Waals surface area contributed by atoms with Gasteiger partial charge in [0.15, 0.2) is 5.57 Å². The zero-order valence-corrected chi connectivity index (χ0v) is 9.11. The van der Waals surface area contributed by atoms with Gasteiger partial charge in [0, 0.05) is 0 Å². The first kappa shape index (κ1) is 17.1. The fourth-order valence-corrected chi connectivity index (χ4v) is 1.60. The lowest BCUT2D eigenvalue weighted by atomic mass is 10.3. The molecule has 0 rings (SSSR count). The summed E-state index contributed by atoms with van der Waals surface area (Å²) >= 11 is 0. The first-order valence-electron chi connectivity index (χ1n) is 3.27. The van der Waals surface area contributed by atoms with E-state index in [0.29, 0.717) is 0 Å². The van der Waals surface area contributed by atoms with Gasteiger partial charge in [-0.2, -0.15) is 43.2 Å². The van der Waals surface area contributed by atoms with Crippen LogP contribution in [-0.4, -0.2) is 27.3 Å². The monoisotopic (exact) mass is 328 g/mol. The highest BCUT2D eigenvalue weighted by Crippen LogP contribution is 2.46. The summed E-state index contributed by atoms with van der Waals surface area (Å²) in [5.74, 6) is 0. The Kier molecular flexibility index (Phi) is 4.10. The third-order valence-corrected chi connectivity index (χ3v) is 3.02. The Morgan fingerprint density at radius 2 is 0.944 bits per heavy atom. The summed E-state index contributed by atoms with van der Waals surface area (Å²) in [6, 6.07) is 0. The van der Waals surface area contributed by atoms with Crippen LogP contribution in [-0.2, 0) is 20.4 Å². The average Bonchev–Trinajstić information content (AvgIpc) is 1.96. The molecule has 0 spiro atoms. The van der Waals surface area contributed by atoms with E-state index < -0.39 is 42.6 Å². The highest BCUT2D eigenvalue weighted by Gasteiger charge is 2.67. The smallest absolute Gasteiger partial charge is 0.188 e. The van der Waals surface area contributed by atoms with Gasteiger partial charge < -0.3 is 0 Å². The van der Waals surface area contributed by atoms with E-state index in [4.69, 9.17) is 0 Å². The normalized spacial score (nSPS) is 14.4. The molecule has 0 saturated heterocycles. The Labute approximate surface area is 94.3 Å². The Hall–Kier alpha value is -0.920. The zero-order chi connectivity index (χ0) is 15.2. The Bertz CT molecular complexity index is 522. The molecule has 14 heteroatoms. The molecule has 0 saturated carbocycles. The van der Waals surface area contributed by atoms with Gasteiger partial charge in [-0.3, -0.25) is 0 Å². The molecule has 0 aromatic heterocycles. The quantitative estimate of drug-likeness (QED) is 0.584. The molecule has 0 atom stereocenters. The van der Waals surface area contributed by atoms with Gasteiger partial charge in [-0.05, 0) is 0 Å². The van der Waals surface area contributed by atoms with E-state index in [1.807, 2.05) is 0 Å². The predicted molar refractivity (Wildman–Crippen MR) is 39.2 cm³/mol. The lowest BCUT2D eigenvalue weighted by Gasteiger charge is -2.19. The minimum atomic E-state index is -7.37. The number of alkyl halides is 4. The zero-order valence-electron chi connectivity index (χ0n) is 7.47. The van der Waals surface area contributed by atoms with Crippen LogP contribution >= 0.6 is 0 Å². The lowest BCUT2D eigenvalue weighted by Crippen LogP contribution is -2.41. The van der Waals surface area contributed by atoms with E-state index in [1.165, 1.54) is 0 Å². The topological polar surface area (TPSA) is 68.3 Å². The van der Waals surface area contributed by atoms with Crippen molar-refractivity contribution in [2.45, 2.75) is 10.5 Å². The summed E-state index contributed by atoms with van der Waals surface area (Å²) < 4.78 is 136. The fraction of sp³-hybridized carbons (Fsp3) is 0.500. The van der Waals surface area contributed by atoms with Gasteiger partial charge in [-0.25, -0.2) is 0 Å². The molecule has 0 fully saturated rings. The van der Waals surface area contributed by atoms with Crippen LogP contribution < -0.4 is 0 Å². The molecule has 0 bridgehead atoms. The van der Waals surface area contributed by atoms with Crippen LogP contribution in [0.25, 0.3) is 0 Å². The van der Waals surface area contributed by atoms with Gasteiger partial charge in [0.1, 0.15) is 0 Å². The largest absolute Gasteiger partial charge is 0.407 e. The molecule has 0 aliphatic carbocycles. The minimum absolute atomic E-state index is 4.26. The van der Waals surface area contributed by atoms with Gasteiger partial charge in [-0.15, -0.1) is 0 Å². The van der Waals surface area contributed by atoms with Crippen molar-refractivity contribution in [3.05, 3.63) is 11.7 Å². The highest BCUT2D eigenvalue weighted by atomic mass is 32.3. The van der Waals surface area contributed by atoms with Gasteiger partial charge in [0.25, 0.3) is 6.08 Å². The average molecular weight is 328 g/mol. The number of halogens is 8.